The Labute approximate surface area is 256 Å². The highest BCUT2D eigenvalue weighted by atomic mass is 32.1. The van der Waals surface area contributed by atoms with Gasteiger partial charge >= 0.3 is 0 Å². The van der Waals surface area contributed by atoms with Crippen molar-refractivity contribution in [2.24, 2.45) is 17.6 Å². The zero-order valence-corrected chi connectivity index (χ0v) is 25.8. The first-order valence-electron chi connectivity index (χ1n) is 15.3. The Morgan fingerprint density at radius 1 is 1.00 bits per heavy atom. The number of thiophene rings is 1. The number of carbonyl (C=O) groups excluding carboxylic acids is 6. The van der Waals surface area contributed by atoms with Gasteiger partial charge in [-0.15, -0.1) is 11.3 Å². The third-order valence-electron chi connectivity index (χ3n) is 8.63. The third kappa shape index (κ3) is 8.62. The molecule has 2 heterocycles. The average Bonchev–Trinajstić information content (AvgIpc) is 3.43. The minimum Gasteiger partial charge on any atom is -0.347 e. The summed E-state index contributed by atoms with van der Waals surface area (Å²) in [6.07, 6.45) is 8.28. The van der Waals surface area contributed by atoms with E-state index in [-0.39, 0.29) is 23.7 Å². The van der Waals surface area contributed by atoms with Crippen LogP contribution in [0.15, 0.2) is 17.5 Å². The largest absolute Gasteiger partial charge is 0.347 e. The van der Waals surface area contributed by atoms with E-state index in [1.54, 1.807) is 31.6 Å². The van der Waals surface area contributed by atoms with Gasteiger partial charge in [-0.2, -0.15) is 0 Å². The molecule has 3 fully saturated rings. The number of Topliss-reactive ketones (excluding diaryl/α,β-unsaturated/α-hetero) is 1. The highest BCUT2D eigenvalue weighted by molar-refractivity contribution is 7.10. The molecule has 3 aliphatic rings. The molecular weight excluding hydrogens is 572 g/mol. The van der Waals surface area contributed by atoms with E-state index in [1.165, 1.54) is 21.1 Å². The number of nitrogens with zero attached hydrogens (tertiary/aromatic N) is 2. The van der Waals surface area contributed by atoms with Crippen molar-refractivity contribution in [3.8, 4) is 0 Å². The molecule has 236 valence electrons. The van der Waals surface area contributed by atoms with Crippen molar-refractivity contribution in [3.63, 3.8) is 0 Å². The van der Waals surface area contributed by atoms with Crippen LogP contribution in [0.1, 0.15) is 75.1 Å². The summed E-state index contributed by atoms with van der Waals surface area (Å²) in [6, 6.07) is 0.119. The van der Waals surface area contributed by atoms with Crippen molar-refractivity contribution in [2.75, 3.05) is 27.2 Å². The van der Waals surface area contributed by atoms with Gasteiger partial charge in [0.05, 0.1) is 18.6 Å². The van der Waals surface area contributed by atoms with Crippen LogP contribution in [0, 0.1) is 11.8 Å². The lowest BCUT2D eigenvalue weighted by molar-refractivity contribution is -0.143. The van der Waals surface area contributed by atoms with Crippen LogP contribution in [0.5, 0.6) is 0 Å². The molecule has 4 atom stereocenters. The van der Waals surface area contributed by atoms with E-state index in [0.29, 0.717) is 30.7 Å². The topological polar surface area (TPSA) is 171 Å². The number of nitrogens with two attached hydrogens (primary N) is 1. The molecule has 0 bridgehead atoms. The Hall–Kier alpha value is -3.32. The number of likely N-dealkylation sites (tertiary alicyclic amines) is 1. The summed E-state index contributed by atoms with van der Waals surface area (Å²) in [5.41, 5.74) is 6.36. The quantitative estimate of drug-likeness (QED) is 0.238. The van der Waals surface area contributed by atoms with E-state index < -0.39 is 54.2 Å². The zero-order valence-electron chi connectivity index (χ0n) is 25.0. The van der Waals surface area contributed by atoms with Crippen LogP contribution in [-0.4, -0.2) is 90.4 Å². The van der Waals surface area contributed by atoms with Crippen LogP contribution in [0.2, 0.25) is 0 Å². The van der Waals surface area contributed by atoms with Crippen LogP contribution in [0.4, 0.5) is 0 Å². The lowest BCUT2D eigenvalue weighted by atomic mass is 9.83. The van der Waals surface area contributed by atoms with E-state index in [4.69, 9.17) is 5.73 Å². The summed E-state index contributed by atoms with van der Waals surface area (Å²) in [4.78, 5) is 81.5. The van der Waals surface area contributed by atoms with Crippen LogP contribution in [0.3, 0.4) is 0 Å². The van der Waals surface area contributed by atoms with Gasteiger partial charge in [-0.1, -0.05) is 38.2 Å². The van der Waals surface area contributed by atoms with E-state index >= 15 is 0 Å². The van der Waals surface area contributed by atoms with E-state index in [1.807, 2.05) is 0 Å². The van der Waals surface area contributed by atoms with Gasteiger partial charge in [-0.25, -0.2) is 0 Å². The molecule has 1 aromatic heterocycles. The number of rotatable bonds is 13. The van der Waals surface area contributed by atoms with Gasteiger partial charge in [0.1, 0.15) is 12.1 Å². The Balaban J connectivity index is 1.33. The molecule has 0 aromatic carbocycles. The highest BCUT2D eigenvalue weighted by Crippen LogP contribution is 2.34. The fraction of sp³-hybridized carbons (Fsp3) is 0.667. The van der Waals surface area contributed by atoms with Gasteiger partial charge in [0.15, 0.2) is 0 Å². The molecule has 13 heteroatoms. The molecule has 1 aromatic rings. The third-order valence-corrected chi connectivity index (χ3v) is 9.57. The number of amides is 5. The second kappa shape index (κ2) is 14.9. The van der Waals surface area contributed by atoms with Crippen molar-refractivity contribution in [1.82, 2.24) is 25.8 Å². The zero-order chi connectivity index (χ0) is 31.1. The summed E-state index contributed by atoms with van der Waals surface area (Å²) in [6.45, 7) is -0.0851. The van der Waals surface area contributed by atoms with Crippen molar-refractivity contribution in [3.05, 3.63) is 22.4 Å². The maximum atomic E-state index is 13.4. The second-order valence-corrected chi connectivity index (χ2v) is 13.1. The van der Waals surface area contributed by atoms with E-state index in [2.05, 4.69) is 16.0 Å². The molecule has 5 N–H and O–H groups in total. The number of ketones is 1. The first-order valence-corrected chi connectivity index (χ1v) is 16.2. The van der Waals surface area contributed by atoms with Crippen LogP contribution in [-0.2, 0) is 28.8 Å². The summed E-state index contributed by atoms with van der Waals surface area (Å²) in [5.74, 6) is -3.17. The molecule has 2 aliphatic carbocycles. The summed E-state index contributed by atoms with van der Waals surface area (Å²) in [5, 5.41) is 9.50. The number of nitrogens with one attached hydrogen (secondary N) is 3. The maximum Gasteiger partial charge on any atom is 0.290 e. The van der Waals surface area contributed by atoms with Crippen molar-refractivity contribution >= 4 is 46.7 Å². The predicted octanol–water partition coefficient (Wildman–Crippen LogP) is 0.862. The SMILES string of the molecule is CN(C)C(=O)C(NC(=O)CNC(=O)C(=O)C(CC1CC1)NC(=O)C1CCCN1C(=O)C(N)C1CCCCC1)c1cccs1. The number of hydrogen-bond donors (Lipinski definition) is 4. The van der Waals surface area contributed by atoms with Crippen molar-refractivity contribution < 1.29 is 28.8 Å². The normalized spacial score (nSPS) is 20.9. The first kappa shape index (κ1) is 32.6. The number of carbonyl (C=O) groups is 6. The molecule has 5 amide bonds. The second-order valence-electron chi connectivity index (χ2n) is 12.1. The molecule has 0 radical (unpaired) electrons. The summed E-state index contributed by atoms with van der Waals surface area (Å²) in [7, 11) is 3.16. The van der Waals surface area contributed by atoms with Gasteiger partial charge in [0.2, 0.25) is 29.4 Å². The Kier molecular flexibility index (Phi) is 11.3. The number of hydrogen-bond acceptors (Lipinski definition) is 8. The van der Waals surface area contributed by atoms with Crippen molar-refractivity contribution in [2.45, 2.75) is 88.4 Å². The smallest absolute Gasteiger partial charge is 0.290 e. The molecule has 12 nitrogen and oxygen atoms in total. The average molecular weight is 617 g/mol. The van der Waals surface area contributed by atoms with Crippen LogP contribution in [0.25, 0.3) is 0 Å². The fourth-order valence-corrected chi connectivity index (χ4v) is 6.73. The Bertz CT molecular complexity index is 1180. The first-order chi connectivity index (χ1) is 20.6. The Morgan fingerprint density at radius 3 is 2.35 bits per heavy atom. The molecule has 4 rings (SSSR count). The standard InChI is InChI=1S/C30H44N6O6S/c1-35(2)30(42)25(22-11-7-15-43-22)34-23(37)17-32-28(40)26(38)20(16-18-12-13-18)33-27(39)21-10-6-14-36(21)29(41)24(31)19-8-4-3-5-9-19/h7,11,15,18-21,24-25H,3-6,8-10,12-14,16-17,31H2,1-2H3,(H,32,40)(H,33,39)(H,34,37). The van der Waals surface area contributed by atoms with Gasteiger partial charge in [0.25, 0.3) is 5.91 Å². The van der Waals surface area contributed by atoms with E-state index in [9.17, 15) is 28.8 Å². The van der Waals surface area contributed by atoms with Crippen molar-refractivity contribution in [1.29, 1.82) is 0 Å². The number of likely N-dealkylation sites (N-methyl/N-ethyl adjacent to an activating group) is 1. The predicted molar refractivity (Wildman–Crippen MR) is 160 cm³/mol. The van der Waals surface area contributed by atoms with Crippen LogP contribution < -0.4 is 21.7 Å². The van der Waals surface area contributed by atoms with Gasteiger partial charge in [0, 0.05) is 25.5 Å². The summed E-state index contributed by atoms with van der Waals surface area (Å²) < 4.78 is 0. The molecule has 1 aliphatic heterocycles. The lowest BCUT2D eigenvalue weighted by Crippen LogP contribution is -2.56. The lowest BCUT2D eigenvalue weighted by Gasteiger charge is -2.32. The molecule has 2 saturated carbocycles. The van der Waals surface area contributed by atoms with Gasteiger partial charge in [-0.3, -0.25) is 28.8 Å². The molecular formula is C30H44N6O6S. The molecule has 4 unspecified atom stereocenters. The minimum absolute atomic E-state index is 0.109. The van der Waals surface area contributed by atoms with Crippen LogP contribution >= 0.6 is 11.3 Å². The maximum absolute atomic E-state index is 13.4. The van der Waals surface area contributed by atoms with Gasteiger partial charge < -0.3 is 31.5 Å². The molecule has 0 spiro atoms. The van der Waals surface area contributed by atoms with E-state index in [0.717, 1.165) is 44.9 Å². The Morgan fingerprint density at radius 2 is 1.72 bits per heavy atom. The molecule has 1 saturated heterocycles. The molecule has 43 heavy (non-hydrogen) atoms. The highest BCUT2D eigenvalue weighted by Gasteiger charge is 2.41. The monoisotopic (exact) mass is 616 g/mol. The van der Waals surface area contributed by atoms with Gasteiger partial charge in [-0.05, 0) is 55.4 Å². The fourth-order valence-electron chi connectivity index (χ4n) is 5.96. The minimum atomic E-state index is -1.07. The summed E-state index contributed by atoms with van der Waals surface area (Å²) >= 11 is 1.31.